The van der Waals surface area contributed by atoms with Crippen LogP contribution < -0.4 is 16.2 Å². The van der Waals surface area contributed by atoms with Gasteiger partial charge in [0.15, 0.2) is 5.82 Å². The SMILES string of the molecule is CN(CCc1ccccc1)Cc1ccc(C(=O)NN(c2nc(N)ncc2Cl)C2CCCC2)cc1. The van der Waals surface area contributed by atoms with E-state index >= 15 is 0 Å². The quantitative estimate of drug-likeness (QED) is 0.441. The molecule has 3 N–H and O–H groups in total. The fourth-order valence-corrected chi connectivity index (χ4v) is 4.49. The van der Waals surface area contributed by atoms with Gasteiger partial charge in [0.1, 0.15) is 5.02 Å². The number of rotatable bonds is 9. The van der Waals surface area contributed by atoms with E-state index in [1.54, 1.807) is 5.01 Å². The minimum atomic E-state index is -0.205. The molecule has 0 radical (unpaired) electrons. The van der Waals surface area contributed by atoms with Gasteiger partial charge in [-0.1, -0.05) is 66.9 Å². The summed E-state index contributed by atoms with van der Waals surface area (Å²) in [4.78, 5) is 23.6. The first kappa shape index (κ1) is 24.0. The number of carbonyl (C=O) groups excluding carboxylic acids is 1. The standard InChI is InChI=1S/C26H31ClN6O/c1-32(16-15-19-7-3-2-4-8-19)18-20-11-13-21(14-12-20)25(34)31-33(22-9-5-6-10-22)24-23(27)17-29-26(28)30-24/h2-4,7-8,11-14,17,22H,5-6,9-10,15-16,18H2,1H3,(H,31,34)(H2,28,29,30). The summed E-state index contributed by atoms with van der Waals surface area (Å²) in [5.41, 5.74) is 11.9. The third-order valence-electron chi connectivity index (χ3n) is 6.18. The zero-order chi connectivity index (χ0) is 23.9. The molecule has 3 aromatic rings. The lowest BCUT2D eigenvalue weighted by molar-refractivity contribution is 0.0944. The Morgan fingerprint density at radius 1 is 1.09 bits per heavy atom. The van der Waals surface area contributed by atoms with E-state index < -0.39 is 0 Å². The molecular weight excluding hydrogens is 448 g/mol. The lowest BCUT2D eigenvalue weighted by atomic mass is 10.1. The Hall–Kier alpha value is -3.16. The summed E-state index contributed by atoms with van der Waals surface area (Å²) in [6.45, 7) is 1.78. The zero-order valence-electron chi connectivity index (χ0n) is 19.5. The average molecular weight is 479 g/mol. The fraction of sp³-hybridized carbons (Fsp3) is 0.346. The van der Waals surface area contributed by atoms with Crippen LogP contribution in [0.5, 0.6) is 0 Å². The molecule has 0 atom stereocenters. The Kier molecular flexibility index (Phi) is 7.98. The Bertz CT molecular complexity index is 1090. The summed E-state index contributed by atoms with van der Waals surface area (Å²) < 4.78 is 0. The Labute approximate surface area is 205 Å². The van der Waals surface area contributed by atoms with E-state index in [9.17, 15) is 4.79 Å². The number of nitrogen functional groups attached to an aromatic ring is 1. The molecular formula is C26H31ClN6O. The van der Waals surface area contributed by atoms with Crippen LogP contribution in [0, 0.1) is 0 Å². The highest BCUT2D eigenvalue weighted by Gasteiger charge is 2.28. The lowest BCUT2D eigenvalue weighted by Gasteiger charge is -2.30. The molecule has 4 rings (SSSR count). The topological polar surface area (TPSA) is 87.4 Å². The van der Waals surface area contributed by atoms with Gasteiger partial charge in [-0.3, -0.25) is 15.2 Å². The predicted molar refractivity (Wildman–Crippen MR) is 137 cm³/mol. The van der Waals surface area contributed by atoms with Crippen molar-refractivity contribution >= 4 is 29.3 Å². The van der Waals surface area contributed by atoms with E-state index in [1.165, 1.54) is 11.8 Å². The second-order valence-electron chi connectivity index (χ2n) is 8.82. The number of benzene rings is 2. The average Bonchev–Trinajstić information content (AvgIpc) is 3.39. The van der Waals surface area contributed by atoms with Gasteiger partial charge in [0, 0.05) is 18.7 Å². The maximum atomic E-state index is 13.1. The number of aromatic nitrogens is 2. The van der Waals surface area contributed by atoms with Gasteiger partial charge in [0.25, 0.3) is 5.91 Å². The molecule has 7 nitrogen and oxygen atoms in total. The summed E-state index contributed by atoms with van der Waals surface area (Å²) in [5, 5.41) is 2.12. The molecule has 1 amide bonds. The molecule has 0 spiro atoms. The number of hydrogen-bond donors (Lipinski definition) is 2. The first-order valence-electron chi connectivity index (χ1n) is 11.7. The predicted octanol–water partition coefficient (Wildman–Crippen LogP) is 4.48. The molecule has 0 unspecified atom stereocenters. The largest absolute Gasteiger partial charge is 0.368 e. The molecule has 1 aromatic heterocycles. The van der Waals surface area contributed by atoms with Crippen molar-refractivity contribution in [1.29, 1.82) is 0 Å². The molecule has 0 bridgehead atoms. The number of amides is 1. The van der Waals surface area contributed by atoms with Crippen LogP contribution in [0.25, 0.3) is 0 Å². The summed E-state index contributed by atoms with van der Waals surface area (Å²) >= 11 is 6.35. The number of nitrogens with zero attached hydrogens (tertiary/aromatic N) is 4. The second kappa shape index (κ2) is 11.3. The van der Waals surface area contributed by atoms with Gasteiger partial charge in [-0.25, -0.2) is 4.98 Å². The highest BCUT2D eigenvalue weighted by molar-refractivity contribution is 6.32. The summed E-state index contributed by atoms with van der Waals surface area (Å²) in [6.07, 6.45) is 6.58. The van der Waals surface area contributed by atoms with Crippen molar-refractivity contribution in [3.63, 3.8) is 0 Å². The Morgan fingerprint density at radius 2 is 1.79 bits per heavy atom. The van der Waals surface area contributed by atoms with Crippen molar-refractivity contribution in [1.82, 2.24) is 20.3 Å². The van der Waals surface area contributed by atoms with Crippen LogP contribution in [-0.2, 0) is 13.0 Å². The number of nitrogens with one attached hydrogen (secondary N) is 1. The number of nitrogens with two attached hydrogens (primary N) is 1. The van der Waals surface area contributed by atoms with Crippen LogP contribution in [0.2, 0.25) is 5.02 Å². The van der Waals surface area contributed by atoms with Gasteiger partial charge in [-0.2, -0.15) is 4.98 Å². The number of hydrazine groups is 1. The first-order chi connectivity index (χ1) is 16.5. The van der Waals surface area contributed by atoms with Crippen LogP contribution in [0.4, 0.5) is 11.8 Å². The maximum absolute atomic E-state index is 13.1. The Morgan fingerprint density at radius 3 is 2.50 bits per heavy atom. The Balaban J connectivity index is 1.39. The van der Waals surface area contributed by atoms with Crippen LogP contribution in [0.15, 0.2) is 60.8 Å². The highest BCUT2D eigenvalue weighted by Crippen LogP contribution is 2.30. The number of hydrogen-bond acceptors (Lipinski definition) is 6. The lowest BCUT2D eigenvalue weighted by Crippen LogP contribution is -2.48. The highest BCUT2D eigenvalue weighted by atomic mass is 35.5. The van der Waals surface area contributed by atoms with E-state index in [0.29, 0.717) is 16.4 Å². The minimum Gasteiger partial charge on any atom is -0.368 e. The van der Waals surface area contributed by atoms with E-state index in [4.69, 9.17) is 17.3 Å². The molecule has 1 aliphatic rings. The maximum Gasteiger partial charge on any atom is 0.269 e. The van der Waals surface area contributed by atoms with Crippen LogP contribution in [-0.4, -0.2) is 40.4 Å². The van der Waals surface area contributed by atoms with Crippen molar-refractivity contribution in [2.75, 3.05) is 24.3 Å². The van der Waals surface area contributed by atoms with Crippen molar-refractivity contribution in [3.8, 4) is 0 Å². The van der Waals surface area contributed by atoms with Crippen LogP contribution >= 0.6 is 11.6 Å². The molecule has 1 fully saturated rings. The number of halogens is 1. The van der Waals surface area contributed by atoms with Gasteiger partial charge in [-0.05, 0) is 49.6 Å². The summed E-state index contributed by atoms with van der Waals surface area (Å²) in [7, 11) is 2.11. The van der Waals surface area contributed by atoms with E-state index in [0.717, 1.165) is 50.8 Å². The van der Waals surface area contributed by atoms with Gasteiger partial charge in [-0.15, -0.1) is 0 Å². The van der Waals surface area contributed by atoms with Gasteiger partial charge in [0.05, 0.1) is 12.2 Å². The van der Waals surface area contributed by atoms with Gasteiger partial charge < -0.3 is 10.6 Å². The second-order valence-corrected chi connectivity index (χ2v) is 9.23. The molecule has 178 valence electrons. The van der Waals surface area contributed by atoms with Crippen molar-refractivity contribution in [2.45, 2.75) is 44.7 Å². The molecule has 0 aliphatic heterocycles. The normalized spacial score (nSPS) is 13.9. The summed E-state index contributed by atoms with van der Waals surface area (Å²) in [6, 6.07) is 18.3. The van der Waals surface area contributed by atoms with E-state index in [-0.39, 0.29) is 17.9 Å². The summed E-state index contributed by atoms with van der Waals surface area (Å²) in [5.74, 6) is 0.354. The van der Waals surface area contributed by atoms with E-state index in [2.05, 4.69) is 51.6 Å². The molecule has 34 heavy (non-hydrogen) atoms. The molecule has 1 saturated carbocycles. The molecule has 0 saturated heterocycles. The minimum absolute atomic E-state index is 0.119. The van der Waals surface area contributed by atoms with Gasteiger partial charge in [0.2, 0.25) is 5.95 Å². The van der Waals surface area contributed by atoms with Crippen molar-refractivity contribution < 1.29 is 4.79 Å². The molecule has 8 heteroatoms. The molecule has 1 aliphatic carbocycles. The van der Waals surface area contributed by atoms with Gasteiger partial charge >= 0.3 is 0 Å². The number of likely N-dealkylation sites (N-methyl/N-ethyl adjacent to an activating group) is 1. The number of anilines is 2. The van der Waals surface area contributed by atoms with Crippen molar-refractivity contribution in [3.05, 3.63) is 82.5 Å². The monoisotopic (exact) mass is 478 g/mol. The third-order valence-corrected chi connectivity index (χ3v) is 6.44. The van der Waals surface area contributed by atoms with Crippen molar-refractivity contribution in [2.24, 2.45) is 0 Å². The molecule has 2 aromatic carbocycles. The smallest absolute Gasteiger partial charge is 0.269 e. The van der Waals surface area contributed by atoms with Crippen LogP contribution in [0.3, 0.4) is 0 Å². The van der Waals surface area contributed by atoms with E-state index in [1.807, 2.05) is 30.3 Å². The molecule has 1 heterocycles. The fourth-order valence-electron chi connectivity index (χ4n) is 4.31. The van der Waals surface area contributed by atoms with Crippen LogP contribution in [0.1, 0.15) is 47.2 Å². The number of carbonyl (C=O) groups is 1. The third kappa shape index (κ3) is 6.24. The first-order valence-corrected chi connectivity index (χ1v) is 12.1. The zero-order valence-corrected chi connectivity index (χ0v) is 20.2.